The van der Waals surface area contributed by atoms with Gasteiger partial charge < -0.3 is 21.3 Å². The van der Waals surface area contributed by atoms with Gasteiger partial charge in [-0.05, 0) is 55.8 Å². The van der Waals surface area contributed by atoms with Crippen molar-refractivity contribution in [3.63, 3.8) is 0 Å². The summed E-state index contributed by atoms with van der Waals surface area (Å²) in [6.45, 7) is 4.92. The van der Waals surface area contributed by atoms with Crippen molar-refractivity contribution >= 4 is 23.7 Å². The Morgan fingerprint density at radius 2 is 1.93 bits per heavy atom. The molecule has 4 N–H and O–H groups in total. The lowest BCUT2D eigenvalue weighted by atomic mass is 9.99. The van der Waals surface area contributed by atoms with Gasteiger partial charge in [-0.3, -0.25) is 9.98 Å². The van der Waals surface area contributed by atoms with E-state index < -0.39 is 0 Å². The Labute approximate surface area is 162 Å². The minimum Gasteiger partial charge on any atom is -0.370 e. The highest BCUT2D eigenvalue weighted by molar-refractivity contribution is 5.88. The average Bonchev–Trinajstić information content (AvgIpc) is 2.69. The van der Waals surface area contributed by atoms with Crippen molar-refractivity contribution in [2.45, 2.75) is 19.9 Å². The fraction of sp³-hybridized carbons (Fsp3) is 0.333. The molecule has 0 atom stereocenters. The molecule has 144 valence electrons. The molecular formula is C21H30N6. The van der Waals surface area contributed by atoms with Crippen LogP contribution in [0, 0.1) is 0 Å². The van der Waals surface area contributed by atoms with E-state index in [0.29, 0.717) is 5.96 Å². The highest BCUT2D eigenvalue weighted by atomic mass is 15.1. The maximum absolute atomic E-state index is 5.26. The lowest BCUT2D eigenvalue weighted by Crippen LogP contribution is -2.29. The molecular weight excluding hydrogens is 336 g/mol. The third-order valence-electron chi connectivity index (χ3n) is 4.20. The minimum atomic E-state index is 0.382. The third kappa shape index (κ3) is 7.11. The number of likely N-dealkylation sites (N-methyl/N-ethyl adjacent to an activating group) is 1. The normalized spacial score (nSPS) is 14.3. The second-order valence-corrected chi connectivity index (χ2v) is 6.34. The zero-order valence-electron chi connectivity index (χ0n) is 16.4. The average molecular weight is 367 g/mol. The van der Waals surface area contributed by atoms with Crippen LogP contribution in [0.15, 0.2) is 58.5 Å². The molecule has 0 bridgehead atoms. The molecule has 1 aliphatic rings. The van der Waals surface area contributed by atoms with Crippen LogP contribution < -0.4 is 16.4 Å². The van der Waals surface area contributed by atoms with Crippen LogP contribution in [0.25, 0.3) is 0 Å². The number of aliphatic imine (C=N–C) groups is 2. The summed E-state index contributed by atoms with van der Waals surface area (Å²) in [6.07, 6.45) is 2.68. The monoisotopic (exact) mass is 366 g/mol. The van der Waals surface area contributed by atoms with Gasteiger partial charge in [0.1, 0.15) is 0 Å². The van der Waals surface area contributed by atoms with Crippen molar-refractivity contribution in [1.82, 2.24) is 10.2 Å². The van der Waals surface area contributed by atoms with Crippen LogP contribution in [-0.2, 0) is 13.0 Å². The van der Waals surface area contributed by atoms with E-state index in [9.17, 15) is 0 Å². The number of nitrogens with zero attached hydrogens (tertiary/aromatic N) is 3. The summed E-state index contributed by atoms with van der Waals surface area (Å²) in [5.74, 6) is 0.382. The summed E-state index contributed by atoms with van der Waals surface area (Å²) in [6, 6.07) is 17.0. The van der Waals surface area contributed by atoms with E-state index in [1.165, 1.54) is 23.2 Å². The van der Waals surface area contributed by atoms with Crippen LogP contribution in [0.3, 0.4) is 0 Å². The van der Waals surface area contributed by atoms with E-state index in [1.807, 2.05) is 13.0 Å². The van der Waals surface area contributed by atoms with Crippen molar-refractivity contribution in [3.8, 4) is 0 Å². The van der Waals surface area contributed by atoms with Crippen LogP contribution in [0.1, 0.15) is 18.1 Å². The summed E-state index contributed by atoms with van der Waals surface area (Å²) < 4.78 is 0. The first-order valence-corrected chi connectivity index (χ1v) is 9.22. The molecule has 0 radical (unpaired) electrons. The number of nitrogens with two attached hydrogens (primary N) is 1. The standard InChI is InChI=1S/C16H18N2.C5H12N4/c1-18-10-9-13-11-16(8-7-14(13)12-18)17-15-5-3-2-4-6-15;1-3-8-4-9-5(6)7-2/h2-8,11,17H,9-10,12H2,1H3;4H,3H2,1-2H3,(H3,6,7,8,9). The van der Waals surface area contributed by atoms with Gasteiger partial charge in [0.25, 0.3) is 0 Å². The molecule has 0 spiro atoms. The Bertz CT molecular complexity index is 755. The Kier molecular flexibility index (Phi) is 8.32. The van der Waals surface area contributed by atoms with Crippen molar-refractivity contribution in [2.75, 3.05) is 32.5 Å². The topological polar surface area (TPSA) is 78.0 Å². The van der Waals surface area contributed by atoms with Crippen LogP contribution in [-0.4, -0.2) is 44.4 Å². The zero-order chi connectivity index (χ0) is 19.5. The van der Waals surface area contributed by atoms with E-state index in [4.69, 9.17) is 5.73 Å². The van der Waals surface area contributed by atoms with Gasteiger partial charge in [-0.15, -0.1) is 0 Å². The van der Waals surface area contributed by atoms with Gasteiger partial charge in [0.2, 0.25) is 0 Å². The number of rotatable bonds is 4. The first-order chi connectivity index (χ1) is 13.1. The number of guanidine groups is 1. The number of benzene rings is 2. The predicted molar refractivity (Wildman–Crippen MR) is 116 cm³/mol. The molecule has 1 heterocycles. The van der Waals surface area contributed by atoms with Crippen LogP contribution in [0.5, 0.6) is 0 Å². The first-order valence-electron chi connectivity index (χ1n) is 9.22. The number of anilines is 2. The van der Waals surface area contributed by atoms with Crippen molar-refractivity contribution in [2.24, 2.45) is 15.7 Å². The molecule has 0 aliphatic carbocycles. The number of hydrogen-bond acceptors (Lipinski definition) is 4. The maximum atomic E-state index is 5.26. The Hall–Kier alpha value is -2.86. The summed E-state index contributed by atoms with van der Waals surface area (Å²) in [7, 11) is 3.79. The van der Waals surface area contributed by atoms with Crippen molar-refractivity contribution in [3.05, 3.63) is 59.7 Å². The van der Waals surface area contributed by atoms with E-state index >= 15 is 0 Å². The first kappa shape index (κ1) is 20.5. The highest BCUT2D eigenvalue weighted by Crippen LogP contribution is 2.24. The molecule has 0 fully saturated rings. The second kappa shape index (κ2) is 11.0. The number of para-hydroxylation sites is 1. The minimum absolute atomic E-state index is 0.382. The van der Waals surface area contributed by atoms with Gasteiger partial charge in [-0.25, -0.2) is 0 Å². The molecule has 1 aliphatic heterocycles. The van der Waals surface area contributed by atoms with E-state index in [-0.39, 0.29) is 0 Å². The SMILES string of the molecule is CCN=CNC(N)=NC.CN1CCc2cc(Nc3ccccc3)ccc2C1. The maximum Gasteiger partial charge on any atom is 0.193 e. The quantitative estimate of drug-likeness (QED) is 0.574. The third-order valence-corrected chi connectivity index (χ3v) is 4.20. The van der Waals surface area contributed by atoms with Gasteiger partial charge in [-0.1, -0.05) is 24.3 Å². The summed E-state index contributed by atoms with van der Waals surface area (Å²) in [5.41, 5.74) is 10.5. The largest absolute Gasteiger partial charge is 0.370 e. The molecule has 2 aromatic carbocycles. The zero-order valence-corrected chi connectivity index (χ0v) is 16.4. The van der Waals surface area contributed by atoms with Crippen molar-refractivity contribution < 1.29 is 0 Å². The Balaban J connectivity index is 0.000000249. The molecule has 3 rings (SSSR count). The molecule has 0 saturated carbocycles. The van der Waals surface area contributed by atoms with Gasteiger partial charge in [0, 0.05) is 38.1 Å². The van der Waals surface area contributed by atoms with Gasteiger partial charge >= 0.3 is 0 Å². The molecule has 0 unspecified atom stereocenters. The fourth-order valence-electron chi connectivity index (χ4n) is 2.73. The summed E-state index contributed by atoms with van der Waals surface area (Å²) >= 11 is 0. The lowest BCUT2D eigenvalue weighted by Gasteiger charge is -2.25. The molecule has 0 saturated heterocycles. The number of fused-ring (bicyclic) bond motifs is 1. The summed E-state index contributed by atoms with van der Waals surface area (Å²) in [5, 5.41) is 6.12. The Morgan fingerprint density at radius 3 is 2.63 bits per heavy atom. The molecule has 6 heteroatoms. The smallest absolute Gasteiger partial charge is 0.193 e. The molecule has 0 aromatic heterocycles. The second-order valence-electron chi connectivity index (χ2n) is 6.34. The van der Waals surface area contributed by atoms with Crippen molar-refractivity contribution in [1.29, 1.82) is 0 Å². The van der Waals surface area contributed by atoms with Gasteiger partial charge in [-0.2, -0.15) is 0 Å². The molecule has 6 nitrogen and oxygen atoms in total. The van der Waals surface area contributed by atoms with Crippen LogP contribution in [0.4, 0.5) is 11.4 Å². The predicted octanol–water partition coefficient (Wildman–Crippen LogP) is 2.99. The number of nitrogens with one attached hydrogen (secondary N) is 2. The molecule has 0 amide bonds. The highest BCUT2D eigenvalue weighted by Gasteiger charge is 2.12. The van der Waals surface area contributed by atoms with E-state index in [1.54, 1.807) is 7.05 Å². The van der Waals surface area contributed by atoms with Gasteiger partial charge in [0.05, 0.1) is 6.34 Å². The molecule has 2 aromatic rings. The fourth-order valence-corrected chi connectivity index (χ4v) is 2.73. The number of hydrogen-bond donors (Lipinski definition) is 3. The van der Waals surface area contributed by atoms with Crippen LogP contribution in [0.2, 0.25) is 0 Å². The van der Waals surface area contributed by atoms with Gasteiger partial charge in [0.15, 0.2) is 5.96 Å². The lowest BCUT2D eigenvalue weighted by molar-refractivity contribution is 0.313. The Morgan fingerprint density at radius 1 is 1.15 bits per heavy atom. The van der Waals surface area contributed by atoms with E-state index in [0.717, 1.165) is 31.7 Å². The van der Waals surface area contributed by atoms with Crippen LogP contribution >= 0.6 is 0 Å². The van der Waals surface area contributed by atoms with E-state index in [2.05, 4.69) is 75.0 Å². The molecule has 27 heavy (non-hydrogen) atoms. The summed E-state index contributed by atoms with van der Waals surface area (Å²) in [4.78, 5) is 9.88.